The van der Waals surface area contributed by atoms with Crippen molar-refractivity contribution in [3.8, 4) is 0 Å². The van der Waals surface area contributed by atoms with Crippen LogP contribution in [0.3, 0.4) is 0 Å². The van der Waals surface area contributed by atoms with Crippen molar-refractivity contribution in [3.63, 3.8) is 0 Å². The number of carboxylic acid groups (broad SMARTS) is 1. The van der Waals surface area contributed by atoms with Crippen LogP contribution >= 0.6 is 0 Å². The summed E-state index contributed by atoms with van der Waals surface area (Å²) in [6.07, 6.45) is 7.63. The van der Waals surface area contributed by atoms with Gasteiger partial charge in [0.2, 0.25) is 0 Å². The van der Waals surface area contributed by atoms with Gasteiger partial charge in [-0.05, 0) is 18.1 Å². The van der Waals surface area contributed by atoms with Crippen molar-refractivity contribution in [3.05, 3.63) is 29.8 Å². The number of rotatable bonds is 8. The number of nitrogens with zero attached hydrogens (tertiary/aromatic N) is 1. The third-order valence-corrected chi connectivity index (χ3v) is 4.14. The molecular formula is C17H25NO2. The first kappa shape index (κ1) is 14.9. The summed E-state index contributed by atoms with van der Waals surface area (Å²) in [6.45, 7) is 3.84. The molecule has 3 nitrogen and oxygen atoms in total. The topological polar surface area (TPSA) is 40.5 Å². The van der Waals surface area contributed by atoms with E-state index < -0.39 is 5.97 Å². The van der Waals surface area contributed by atoms with E-state index in [1.807, 2.05) is 18.2 Å². The number of carboxylic acids is 1. The van der Waals surface area contributed by atoms with Crippen LogP contribution in [0.15, 0.2) is 24.3 Å². The van der Waals surface area contributed by atoms with E-state index in [0.29, 0.717) is 6.54 Å². The van der Waals surface area contributed by atoms with Crippen molar-refractivity contribution in [1.82, 2.24) is 0 Å². The first-order chi connectivity index (χ1) is 9.74. The molecule has 0 bridgehead atoms. The first-order valence-corrected chi connectivity index (χ1v) is 7.80. The highest BCUT2D eigenvalue weighted by Crippen LogP contribution is 2.36. The number of benzene rings is 1. The Morgan fingerprint density at radius 2 is 1.90 bits per heavy atom. The van der Waals surface area contributed by atoms with Gasteiger partial charge in [-0.3, -0.25) is 4.79 Å². The van der Waals surface area contributed by atoms with E-state index in [0.717, 1.165) is 24.2 Å². The lowest BCUT2D eigenvalue weighted by atomic mass is 10.0. The van der Waals surface area contributed by atoms with E-state index in [1.54, 1.807) is 0 Å². The number of hydrogen-bond acceptors (Lipinski definition) is 2. The van der Waals surface area contributed by atoms with Gasteiger partial charge in [-0.25, -0.2) is 0 Å². The zero-order valence-electron chi connectivity index (χ0n) is 12.3. The van der Waals surface area contributed by atoms with Gasteiger partial charge in [-0.1, -0.05) is 57.2 Å². The van der Waals surface area contributed by atoms with Crippen LogP contribution in [0.25, 0.3) is 0 Å². The van der Waals surface area contributed by atoms with Crippen molar-refractivity contribution < 1.29 is 9.90 Å². The van der Waals surface area contributed by atoms with Gasteiger partial charge in [0.25, 0.3) is 0 Å². The molecule has 0 radical (unpaired) electrons. The molecule has 0 spiro atoms. The number of aliphatic carboxylic acids is 1. The minimum Gasteiger partial charge on any atom is -0.481 e. The number of hydrogen-bond donors (Lipinski definition) is 1. The summed E-state index contributed by atoms with van der Waals surface area (Å²) in [5.41, 5.74) is 2.10. The van der Waals surface area contributed by atoms with E-state index in [4.69, 9.17) is 0 Å². The fraction of sp³-hybridized carbons (Fsp3) is 0.588. The van der Waals surface area contributed by atoms with Crippen LogP contribution < -0.4 is 4.90 Å². The number of para-hydroxylation sites is 1. The summed E-state index contributed by atoms with van der Waals surface area (Å²) in [5, 5.41) is 9.32. The average molecular weight is 275 g/mol. The van der Waals surface area contributed by atoms with E-state index in [-0.39, 0.29) is 5.92 Å². The van der Waals surface area contributed by atoms with Gasteiger partial charge in [-0.15, -0.1) is 0 Å². The van der Waals surface area contributed by atoms with Crippen molar-refractivity contribution in [2.24, 2.45) is 0 Å². The minimum atomic E-state index is -0.706. The van der Waals surface area contributed by atoms with Crippen LogP contribution in [-0.2, 0) is 4.79 Å². The maximum Gasteiger partial charge on any atom is 0.312 e. The highest BCUT2D eigenvalue weighted by Gasteiger charge is 2.32. The van der Waals surface area contributed by atoms with Crippen LogP contribution in [0.5, 0.6) is 0 Å². The summed E-state index contributed by atoms with van der Waals surface area (Å²) >= 11 is 0. The third kappa shape index (κ3) is 3.53. The smallest absolute Gasteiger partial charge is 0.312 e. The Labute approximate surface area is 121 Å². The molecule has 20 heavy (non-hydrogen) atoms. The quantitative estimate of drug-likeness (QED) is 0.728. The lowest BCUT2D eigenvalue weighted by molar-refractivity contribution is -0.138. The average Bonchev–Trinajstić information content (AvgIpc) is 2.82. The van der Waals surface area contributed by atoms with E-state index in [1.165, 1.54) is 32.1 Å². The fourth-order valence-corrected chi connectivity index (χ4v) is 2.99. The Morgan fingerprint density at radius 3 is 2.65 bits per heavy atom. The Balaban J connectivity index is 1.86. The van der Waals surface area contributed by atoms with E-state index in [2.05, 4.69) is 17.9 Å². The monoisotopic (exact) mass is 275 g/mol. The molecule has 1 aromatic rings. The van der Waals surface area contributed by atoms with Gasteiger partial charge >= 0.3 is 5.97 Å². The van der Waals surface area contributed by atoms with Crippen LogP contribution in [0.2, 0.25) is 0 Å². The molecule has 3 heteroatoms. The van der Waals surface area contributed by atoms with Crippen molar-refractivity contribution >= 4 is 11.7 Å². The molecule has 1 aromatic carbocycles. The number of fused-ring (bicyclic) bond motifs is 1. The molecule has 1 heterocycles. The number of anilines is 1. The summed E-state index contributed by atoms with van der Waals surface area (Å²) in [4.78, 5) is 13.6. The molecule has 1 unspecified atom stereocenters. The zero-order chi connectivity index (χ0) is 14.4. The van der Waals surface area contributed by atoms with Gasteiger partial charge in [0.05, 0.1) is 0 Å². The standard InChI is InChI=1S/C17H25NO2/c1-2-3-4-5-6-9-12-18-13-15(17(19)20)14-10-7-8-11-16(14)18/h7-8,10-11,15H,2-6,9,12-13H2,1H3,(H,19,20). The number of carbonyl (C=O) groups is 1. The Hall–Kier alpha value is -1.51. The third-order valence-electron chi connectivity index (χ3n) is 4.14. The first-order valence-electron chi connectivity index (χ1n) is 7.80. The van der Waals surface area contributed by atoms with Crippen molar-refractivity contribution in [1.29, 1.82) is 0 Å². The largest absolute Gasteiger partial charge is 0.481 e. The van der Waals surface area contributed by atoms with Crippen molar-refractivity contribution in [2.45, 2.75) is 51.4 Å². The molecule has 0 fully saturated rings. The summed E-state index contributed by atoms with van der Waals surface area (Å²) in [7, 11) is 0. The molecule has 110 valence electrons. The van der Waals surface area contributed by atoms with Gasteiger partial charge in [-0.2, -0.15) is 0 Å². The Morgan fingerprint density at radius 1 is 1.20 bits per heavy atom. The second-order valence-electron chi connectivity index (χ2n) is 5.66. The van der Waals surface area contributed by atoms with Crippen LogP contribution in [0.1, 0.15) is 56.9 Å². The fourth-order valence-electron chi connectivity index (χ4n) is 2.99. The summed E-state index contributed by atoms with van der Waals surface area (Å²) in [5.74, 6) is -1.06. The summed E-state index contributed by atoms with van der Waals surface area (Å²) < 4.78 is 0. The maximum absolute atomic E-state index is 11.3. The maximum atomic E-state index is 11.3. The molecule has 2 rings (SSSR count). The lowest BCUT2D eigenvalue weighted by Crippen LogP contribution is -2.25. The highest BCUT2D eigenvalue weighted by atomic mass is 16.4. The van der Waals surface area contributed by atoms with Gasteiger partial charge in [0, 0.05) is 18.8 Å². The van der Waals surface area contributed by atoms with Crippen LogP contribution in [0, 0.1) is 0 Å². The van der Waals surface area contributed by atoms with Gasteiger partial charge in [0.15, 0.2) is 0 Å². The van der Waals surface area contributed by atoms with Gasteiger partial charge < -0.3 is 10.0 Å². The molecular weight excluding hydrogens is 250 g/mol. The molecule has 0 amide bonds. The molecule has 1 atom stereocenters. The van der Waals surface area contributed by atoms with Crippen LogP contribution in [0.4, 0.5) is 5.69 Å². The number of unbranched alkanes of at least 4 members (excludes halogenated alkanes) is 5. The molecule has 0 aromatic heterocycles. The minimum absolute atomic E-state index is 0.355. The molecule has 0 aliphatic carbocycles. The predicted octanol–water partition coefficient (Wildman–Crippen LogP) is 4.04. The van der Waals surface area contributed by atoms with Crippen LogP contribution in [-0.4, -0.2) is 24.2 Å². The molecule has 1 aliphatic rings. The normalized spacial score (nSPS) is 17.2. The Bertz CT molecular complexity index is 444. The predicted molar refractivity (Wildman–Crippen MR) is 82.4 cm³/mol. The Kier molecular flexibility index (Phi) is 5.45. The molecule has 0 saturated heterocycles. The molecule has 0 saturated carbocycles. The van der Waals surface area contributed by atoms with Crippen molar-refractivity contribution in [2.75, 3.05) is 18.0 Å². The second kappa shape index (κ2) is 7.32. The SMILES string of the molecule is CCCCCCCCN1CC(C(=O)O)c2ccccc21. The van der Waals surface area contributed by atoms with E-state index >= 15 is 0 Å². The highest BCUT2D eigenvalue weighted by molar-refractivity contribution is 5.82. The lowest BCUT2D eigenvalue weighted by Gasteiger charge is -2.19. The van der Waals surface area contributed by atoms with E-state index in [9.17, 15) is 9.90 Å². The molecule has 1 aliphatic heterocycles. The molecule has 1 N–H and O–H groups in total. The van der Waals surface area contributed by atoms with Gasteiger partial charge in [0.1, 0.15) is 5.92 Å². The second-order valence-corrected chi connectivity index (χ2v) is 5.66. The zero-order valence-corrected chi connectivity index (χ0v) is 12.3. The summed E-state index contributed by atoms with van der Waals surface area (Å²) in [6, 6.07) is 7.94.